The first-order valence-corrected chi connectivity index (χ1v) is 6.64. The SMILES string of the molecule is C=CCC(C=O)(CC=S)NC(=O)c1ccc(C=C)cc1. The fourth-order valence-corrected chi connectivity index (χ4v) is 2.08. The predicted octanol–water partition coefficient (Wildman–Crippen LogP) is 2.96. The summed E-state index contributed by atoms with van der Waals surface area (Å²) in [5.74, 6) is -0.314. The van der Waals surface area contributed by atoms with Crippen LogP contribution in [0.3, 0.4) is 0 Å². The number of aldehydes is 1. The molecule has 1 N–H and O–H groups in total. The predicted molar refractivity (Wildman–Crippen MR) is 85.9 cm³/mol. The van der Waals surface area contributed by atoms with Crippen molar-refractivity contribution in [1.29, 1.82) is 0 Å². The third kappa shape index (κ3) is 3.96. The Balaban J connectivity index is 2.93. The van der Waals surface area contributed by atoms with Gasteiger partial charge in [-0.25, -0.2) is 0 Å². The zero-order valence-electron chi connectivity index (χ0n) is 11.2. The minimum absolute atomic E-state index is 0.286. The molecule has 1 atom stereocenters. The summed E-state index contributed by atoms with van der Waals surface area (Å²) in [6.07, 6.45) is 4.62. The molecule has 104 valence electrons. The highest BCUT2D eigenvalue weighted by molar-refractivity contribution is 7.78. The van der Waals surface area contributed by atoms with E-state index in [4.69, 9.17) is 12.2 Å². The van der Waals surface area contributed by atoms with Gasteiger partial charge in [-0.15, -0.1) is 6.58 Å². The number of benzene rings is 1. The summed E-state index contributed by atoms with van der Waals surface area (Å²) in [6, 6.07) is 6.95. The zero-order chi connectivity index (χ0) is 15.0. The maximum absolute atomic E-state index is 12.2. The van der Waals surface area contributed by atoms with Gasteiger partial charge in [0.05, 0.1) is 0 Å². The van der Waals surface area contributed by atoms with Crippen LogP contribution in [0.2, 0.25) is 0 Å². The van der Waals surface area contributed by atoms with Crippen molar-refractivity contribution in [2.45, 2.75) is 18.4 Å². The lowest BCUT2D eigenvalue weighted by Crippen LogP contribution is -2.49. The maximum atomic E-state index is 12.2. The molecule has 3 nitrogen and oxygen atoms in total. The van der Waals surface area contributed by atoms with Crippen molar-refractivity contribution in [3.63, 3.8) is 0 Å². The quantitative estimate of drug-likeness (QED) is 0.454. The van der Waals surface area contributed by atoms with Crippen LogP contribution in [0.5, 0.6) is 0 Å². The topological polar surface area (TPSA) is 46.2 Å². The molecule has 20 heavy (non-hydrogen) atoms. The Labute approximate surface area is 124 Å². The van der Waals surface area contributed by atoms with Crippen molar-refractivity contribution < 1.29 is 9.59 Å². The molecule has 1 amide bonds. The largest absolute Gasteiger partial charge is 0.339 e. The molecule has 4 heteroatoms. The van der Waals surface area contributed by atoms with Crippen molar-refractivity contribution in [2.24, 2.45) is 0 Å². The van der Waals surface area contributed by atoms with Gasteiger partial charge >= 0.3 is 0 Å². The lowest BCUT2D eigenvalue weighted by atomic mass is 9.93. The molecule has 1 unspecified atom stereocenters. The summed E-state index contributed by atoms with van der Waals surface area (Å²) >= 11 is 4.80. The van der Waals surface area contributed by atoms with E-state index in [1.54, 1.807) is 36.4 Å². The fourth-order valence-electron chi connectivity index (χ4n) is 1.79. The average Bonchev–Trinajstić information content (AvgIpc) is 2.47. The molecular formula is C16H17NO2S. The van der Waals surface area contributed by atoms with E-state index >= 15 is 0 Å². The summed E-state index contributed by atoms with van der Waals surface area (Å²) in [4.78, 5) is 23.5. The van der Waals surface area contributed by atoms with E-state index in [2.05, 4.69) is 18.5 Å². The standard InChI is InChI=1S/C16H17NO2S/c1-3-9-16(12-18,10-11-20)17-15(19)14-7-5-13(4-2)6-8-14/h3-8,11-12H,1-2,9-10H2,(H,17,19). The molecule has 0 bridgehead atoms. The zero-order valence-corrected chi connectivity index (χ0v) is 12.0. The highest BCUT2D eigenvalue weighted by atomic mass is 32.1. The number of carbonyl (C=O) groups is 2. The van der Waals surface area contributed by atoms with E-state index in [9.17, 15) is 9.59 Å². The normalized spacial score (nSPS) is 12.8. The molecular weight excluding hydrogens is 270 g/mol. The number of rotatable bonds is 8. The minimum atomic E-state index is -1.02. The van der Waals surface area contributed by atoms with Crippen LogP contribution in [-0.2, 0) is 4.79 Å². The summed E-state index contributed by atoms with van der Waals surface area (Å²) in [6.45, 7) is 7.26. The van der Waals surface area contributed by atoms with Crippen LogP contribution >= 0.6 is 12.2 Å². The van der Waals surface area contributed by atoms with Crippen molar-refractivity contribution in [3.8, 4) is 0 Å². The first-order valence-electron chi connectivity index (χ1n) is 6.16. The number of hydrogen-bond acceptors (Lipinski definition) is 3. The monoisotopic (exact) mass is 287 g/mol. The second-order valence-corrected chi connectivity index (χ2v) is 4.75. The number of nitrogens with one attached hydrogen (secondary N) is 1. The van der Waals surface area contributed by atoms with Crippen molar-refractivity contribution >= 4 is 35.9 Å². The van der Waals surface area contributed by atoms with Gasteiger partial charge in [0.15, 0.2) is 0 Å². The van der Waals surface area contributed by atoms with E-state index in [0.29, 0.717) is 18.3 Å². The molecule has 0 fully saturated rings. The summed E-state index contributed by atoms with van der Waals surface area (Å²) in [7, 11) is 0. The summed E-state index contributed by atoms with van der Waals surface area (Å²) in [5.41, 5.74) is 0.390. The van der Waals surface area contributed by atoms with Gasteiger partial charge in [-0.3, -0.25) is 4.79 Å². The molecule has 0 aliphatic rings. The Morgan fingerprint density at radius 3 is 2.35 bits per heavy atom. The van der Waals surface area contributed by atoms with Crippen molar-refractivity contribution in [1.82, 2.24) is 5.32 Å². The average molecular weight is 287 g/mol. The number of carbonyl (C=O) groups excluding carboxylic acids is 2. The molecule has 0 radical (unpaired) electrons. The number of thiocarbonyl (C=S) groups is 1. The van der Waals surface area contributed by atoms with Crippen LogP contribution < -0.4 is 5.32 Å². The maximum Gasteiger partial charge on any atom is 0.252 e. The Bertz CT molecular complexity index is 510. The van der Waals surface area contributed by atoms with Crippen LogP contribution in [0.15, 0.2) is 43.5 Å². The Morgan fingerprint density at radius 1 is 1.25 bits per heavy atom. The van der Waals surface area contributed by atoms with E-state index < -0.39 is 5.54 Å². The van der Waals surface area contributed by atoms with E-state index in [1.165, 1.54) is 5.37 Å². The van der Waals surface area contributed by atoms with Gasteiger partial charge in [-0.2, -0.15) is 0 Å². The lowest BCUT2D eigenvalue weighted by Gasteiger charge is -2.26. The molecule has 1 aromatic carbocycles. The van der Waals surface area contributed by atoms with E-state index in [-0.39, 0.29) is 12.3 Å². The molecule has 0 heterocycles. The second kappa shape index (κ2) is 7.50. The second-order valence-electron chi connectivity index (χ2n) is 4.42. The highest BCUT2D eigenvalue weighted by Gasteiger charge is 2.29. The van der Waals surface area contributed by atoms with Gasteiger partial charge in [0.1, 0.15) is 11.8 Å². The third-order valence-corrected chi connectivity index (χ3v) is 3.12. The molecule has 0 saturated carbocycles. The smallest absolute Gasteiger partial charge is 0.252 e. The molecule has 1 rings (SSSR count). The van der Waals surface area contributed by atoms with Gasteiger partial charge in [0.25, 0.3) is 5.91 Å². The molecule has 0 aliphatic heterocycles. The molecule has 1 aromatic rings. The van der Waals surface area contributed by atoms with Crippen molar-refractivity contribution in [2.75, 3.05) is 0 Å². The summed E-state index contributed by atoms with van der Waals surface area (Å²) < 4.78 is 0. The van der Waals surface area contributed by atoms with Crippen LogP contribution in [0, 0.1) is 0 Å². The van der Waals surface area contributed by atoms with Gasteiger partial charge < -0.3 is 10.1 Å². The van der Waals surface area contributed by atoms with E-state index in [1.807, 2.05) is 0 Å². The highest BCUT2D eigenvalue weighted by Crippen LogP contribution is 2.14. The molecule has 0 aromatic heterocycles. The molecule has 0 spiro atoms. The summed E-state index contributed by atoms with van der Waals surface area (Å²) in [5, 5.41) is 4.18. The van der Waals surface area contributed by atoms with Gasteiger partial charge in [0.2, 0.25) is 0 Å². The molecule has 0 aliphatic carbocycles. The Hall–Kier alpha value is -2.07. The Kier molecular flexibility index (Phi) is 6.00. The van der Waals surface area contributed by atoms with Crippen LogP contribution in [-0.4, -0.2) is 23.1 Å². The number of hydrogen-bond donors (Lipinski definition) is 1. The molecule has 0 saturated heterocycles. The van der Waals surface area contributed by atoms with Crippen LogP contribution in [0.4, 0.5) is 0 Å². The van der Waals surface area contributed by atoms with E-state index in [0.717, 1.165) is 5.56 Å². The van der Waals surface area contributed by atoms with Gasteiger partial charge in [-0.1, -0.05) is 43.1 Å². The van der Waals surface area contributed by atoms with Crippen molar-refractivity contribution in [3.05, 3.63) is 54.6 Å². The van der Waals surface area contributed by atoms with Gasteiger partial charge in [0, 0.05) is 12.0 Å². The minimum Gasteiger partial charge on any atom is -0.339 e. The van der Waals surface area contributed by atoms with Gasteiger partial charge in [-0.05, 0) is 29.5 Å². The van der Waals surface area contributed by atoms with Crippen LogP contribution in [0.25, 0.3) is 6.08 Å². The fraction of sp³-hybridized carbons (Fsp3) is 0.188. The Morgan fingerprint density at radius 2 is 1.90 bits per heavy atom. The van der Waals surface area contributed by atoms with Crippen LogP contribution in [0.1, 0.15) is 28.8 Å². The third-order valence-electron chi connectivity index (χ3n) is 2.95. The first kappa shape index (κ1) is 16.0. The lowest BCUT2D eigenvalue weighted by molar-refractivity contribution is -0.112. The number of amides is 1. The first-order chi connectivity index (χ1) is 9.60.